The maximum atomic E-state index is 11.1. The number of nitro groups is 1. The minimum absolute atomic E-state index is 0.0894. The zero-order valence-corrected chi connectivity index (χ0v) is 11.2. The summed E-state index contributed by atoms with van der Waals surface area (Å²) in [5.74, 6) is 0. The summed E-state index contributed by atoms with van der Waals surface area (Å²) in [5.41, 5.74) is 1.16. The Kier molecular flexibility index (Phi) is 6.67. The molecule has 1 aromatic rings. The van der Waals surface area contributed by atoms with E-state index in [1.54, 1.807) is 18.2 Å². The van der Waals surface area contributed by atoms with E-state index < -0.39 is 0 Å². The second kappa shape index (κ2) is 8.31. The molecule has 6 nitrogen and oxygen atoms in total. The Balaban J connectivity index is 2.70. The monoisotopic (exact) mass is 267 g/mol. The van der Waals surface area contributed by atoms with Crippen molar-refractivity contribution >= 4 is 17.1 Å². The number of nitrogens with one attached hydrogen (secondary N) is 2. The first-order chi connectivity index (χ1) is 9.20. The fourth-order valence-electron chi connectivity index (χ4n) is 1.85. The molecular formula is C13H21N3O3. The number of hydrogen-bond donors (Lipinski definition) is 3. The summed E-state index contributed by atoms with van der Waals surface area (Å²) >= 11 is 0. The van der Waals surface area contributed by atoms with Gasteiger partial charge in [-0.3, -0.25) is 10.1 Å². The van der Waals surface area contributed by atoms with Crippen molar-refractivity contribution < 1.29 is 10.0 Å². The summed E-state index contributed by atoms with van der Waals surface area (Å²) in [7, 11) is 0. The quantitative estimate of drug-likeness (QED) is 0.363. The lowest BCUT2D eigenvalue weighted by Gasteiger charge is -2.10. The lowest BCUT2D eigenvalue weighted by atomic mass is 10.2. The Hall–Kier alpha value is -1.82. The molecule has 3 N–H and O–H groups in total. The largest absolute Gasteiger partial charge is 0.396 e. The lowest BCUT2D eigenvalue weighted by molar-refractivity contribution is -0.383. The Morgan fingerprint density at radius 1 is 1.21 bits per heavy atom. The van der Waals surface area contributed by atoms with Crippen LogP contribution in [0.5, 0.6) is 0 Å². The zero-order valence-electron chi connectivity index (χ0n) is 11.2. The van der Waals surface area contributed by atoms with E-state index in [2.05, 4.69) is 10.6 Å². The van der Waals surface area contributed by atoms with Gasteiger partial charge in [0.2, 0.25) is 0 Å². The van der Waals surface area contributed by atoms with Gasteiger partial charge in [0.15, 0.2) is 0 Å². The van der Waals surface area contributed by atoms with Crippen LogP contribution in [-0.4, -0.2) is 29.7 Å². The highest BCUT2D eigenvalue weighted by Crippen LogP contribution is 2.32. The molecule has 0 unspecified atom stereocenters. The topological polar surface area (TPSA) is 87.4 Å². The molecule has 0 spiro atoms. The molecule has 0 radical (unpaired) electrons. The van der Waals surface area contributed by atoms with Crippen molar-refractivity contribution in [2.75, 3.05) is 30.3 Å². The molecule has 0 atom stereocenters. The summed E-state index contributed by atoms with van der Waals surface area (Å²) in [6.07, 6.45) is 2.55. The molecule has 19 heavy (non-hydrogen) atoms. The van der Waals surface area contributed by atoms with E-state index >= 15 is 0 Å². The summed E-state index contributed by atoms with van der Waals surface area (Å²) in [4.78, 5) is 10.8. The van der Waals surface area contributed by atoms with Gasteiger partial charge in [0.05, 0.1) is 4.92 Å². The van der Waals surface area contributed by atoms with Crippen LogP contribution in [0.1, 0.15) is 26.2 Å². The van der Waals surface area contributed by atoms with Gasteiger partial charge in [0, 0.05) is 19.7 Å². The second-order valence-electron chi connectivity index (χ2n) is 4.20. The van der Waals surface area contributed by atoms with Gasteiger partial charge in [-0.15, -0.1) is 0 Å². The van der Waals surface area contributed by atoms with Crippen LogP contribution in [0.4, 0.5) is 17.1 Å². The first-order valence-corrected chi connectivity index (χ1v) is 6.56. The molecule has 0 aliphatic heterocycles. The third-order valence-corrected chi connectivity index (χ3v) is 2.74. The predicted molar refractivity (Wildman–Crippen MR) is 76.7 cm³/mol. The van der Waals surface area contributed by atoms with Crippen LogP contribution in [0.15, 0.2) is 18.2 Å². The summed E-state index contributed by atoms with van der Waals surface area (Å²) < 4.78 is 0. The van der Waals surface area contributed by atoms with Crippen molar-refractivity contribution in [3.8, 4) is 0 Å². The number of nitro benzene ring substituents is 1. The standard InChI is InChI=1S/C13H21N3O3/c1-2-14-11-7-6-8-12(13(11)16(18)19)15-9-4-3-5-10-17/h6-8,14-15,17H,2-5,9-10H2,1H3. The number of aliphatic hydroxyl groups is 1. The summed E-state index contributed by atoms with van der Waals surface area (Å²) in [6, 6.07) is 5.21. The van der Waals surface area contributed by atoms with Crippen LogP contribution in [-0.2, 0) is 0 Å². The number of aliphatic hydroxyl groups excluding tert-OH is 1. The molecule has 0 saturated carbocycles. The Morgan fingerprint density at radius 2 is 1.89 bits per heavy atom. The third kappa shape index (κ3) is 4.75. The molecule has 0 aromatic heterocycles. The average molecular weight is 267 g/mol. The van der Waals surface area contributed by atoms with E-state index in [-0.39, 0.29) is 17.2 Å². The molecule has 1 rings (SSSR count). The van der Waals surface area contributed by atoms with Crippen LogP contribution in [0.2, 0.25) is 0 Å². The number of nitrogens with zero attached hydrogens (tertiary/aromatic N) is 1. The van der Waals surface area contributed by atoms with Crippen molar-refractivity contribution in [2.24, 2.45) is 0 Å². The molecule has 0 heterocycles. The normalized spacial score (nSPS) is 10.2. The number of para-hydroxylation sites is 1. The van der Waals surface area contributed by atoms with Crippen molar-refractivity contribution in [3.63, 3.8) is 0 Å². The number of benzene rings is 1. The SMILES string of the molecule is CCNc1cccc(NCCCCCO)c1[N+](=O)[O-]. The van der Waals surface area contributed by atoms with Crippen LogP contribution < -0.4 is 10.6 Å². The van der Waals surface area contributed by atoms with Gasteiger partial charge in [0.25, 0.3) is 0 Å². The van der Waals surface area contributed by atoms with E-state index in [1.165, 1.54) is 0 Å². The maximum Gasteiger partial charge on any atom is 0.315 e. The van der Waals surface area contributed by atoms with Gasteiger partial charge >= 0.3 is 5.69 Å². The molecule has 0 aliphatic carbocycles. The van der Waals surface area contributed by atoms with Gasteiger partial charge in [-0.2, -0.15) is 0 Å². The number of unbranched alkanes of at least 4 members (excludes halogenated alkanes) is 2. The van der Waals surface area contributed by atoms with Gasteiger partial charge in [-0.1, -0.05) is 6.07 Å². The third-order valence-electron chi connectivity index (χ3n) is 2.74. The van der Waals surface area contributed by atoms with E-state index in [1.807, 2.05) is 6.92 Å². The Bertz CT molecular complexity index is 410. The fourth-order valence-corrected chi connectivity index (χ4v) is 1.85. The van der Waals surface area contributed by atoms with Gasteiger partial charge in [0.1, 0.15) is 11.4 Å². The Labute approximate surface area is 113 Å². The molecule has 6 heteroatoms. The van der Waals surface area contributed by atoms with E-state index in [9.17, 15) is 10.1 Å². The lowest BCUT2D eigenvalue weighted by Crippen LogP contribution is -2.07. The van der Waals surface area contributed by atoms with Crippen molar-refractivity contribution in [3.05, 3.63) is 28.3 Å². The van der Waals surface area contributed by atoms with Crippen molar-refractivity contribution in [1.82, 2.24) is 0 Å². The fraction of sp³-hybridized carbons (Fsp3) is 0.538. The minimum atomic E-state index is -0.367. The molecule has 0 fully saturated rings. The summed E-state index contributed by atoms with van der Waals surface area (Å²) in [5, 5.41) is 25.9. The maximum absolute atomic E-state index is 11.1. The highest BCUT2D eigenvalue weighted by Gasteiger charge is 2.18. The van der Waals surface area contributed by atoms with Gasteiger partial charge in [-0.05, 0) is 38.3 Å². The van der Waals surface area contributed by atoms with Crippen molar-refractivity contribution in [2.45, 2.75) is 26.2 Å². The first-order valence-electron chi connectivity index (χ1n) is 6.56. The second-order valence-corrected chi connectivity index (χ2v) is 4.20. The highest BCUT2D eigenvalue weighted by molar-refractivity contribution is 5.76. The van der Waals surface area contributed by atoms with Gasteiger partial charge < -0.3 is 15.7 Å². The molecule has 0 bridgehead atoms. The number of rotatable bonds is 9. The number of hydrogen-bond acceptors (Lipinski definition) is 5. The molecule has 0 saturated heterocycles. The zero-order chi connectivity index (χ0) is 14.1. The van der Waals surface area contributed by atoms with Crippen LogP contribution in [0.25, 0.3) is 0 Å². The highest BCUT2D eigenvalue weighted by atomic mass is 16.6. The molecule has 0 aliphatic rings. The van der Waals surface area contributed by atoms with Crippen molar-refractivity contribution in [1.29, 1.82) is 0 Å². The first kappa shape index (κ1) is 15.2. The van der Waals surface area contributed by atoms with Crippen LogP contribution in [0, 0.1) is 10.1 Å². The van der Waals surface area contributed by atoms with E-state index in [0.717, 1.165) is 19.3 Å². The van der Waals surface area contributed by atoms with E-state index in [0.29, 0.717) is 24.5 Å². The molecular weight excluding hydrogens is 246 g/mol. The molecule has 0 amide bonds. The van der Waals surface area contributed by atoms with Crippen LogP contribution >= 0.6 is 0 Å². The molecule has 106 valence electrons. The van der Waals surface area contributed by atoms with E-state index in [4.69, 9.17) is 5.11 Å². The average Bonchev–Trinajstić information content (AvgIpc) is 2.38. The smallest absolute Gasteiger partial charge is 0.315 e. The Morgan fingerprint density at radius 3 is 2.47 bits per heavy atom. The summed E-state index contributed by atoms with van der Waals surface area (Å²) in [6.45, 7) is 3.39. The predicted octanol–water partition coefficient (Wildman–Crippen LogP) is 2.60. The van der Waals surface area contributed by atoms with Crippen LogP contribution in [0.3, 0.4) is 0 Å². The van der Waals surface area contributed by atoms with Gasteiger partial charge in [-0.25, -0.2) is 0 Å². The number of anilines is 2. The minimum Gasteiger partial charge on any atom is -0.396 e. The molecule has 1 aromatic carbocycles.